The molecule has 30 heavy (non-hydrogen) atoms. The first kappa shape index (κ1) is 21.9. The molecule has 0 heterocycles. The van der Waals surface area contributed by atoms with Gasteiger partial charge in [-0.05, 0) is 66.5 Å². The van der Waals surface area contributed by atoms with E-state index in [9.17, 15) is 4.79 Å². The number of nitrogens with zero attached hydrogens (tertiary/aromatic N) is 1. The zero-order valence-corrected chi connectivity index (χ0v) is 18.6. The van der Waals surface area contributed by atoms with Gasteiger partial charge in [-0.3, -0.25) is 4.79 Å². The number of hydrazone groups is 1. The van der Waals surface area contributed by atoms with E-state index in [4.69, 9.17) is 9.47 Å². The lowest BCUT2D eigenvalue weighted by atomic mass is 9.86. The van der Waals surface area contributed by atoms with Gasteiger partial charge in [0.15, 0.2) is 11.5 Å². The SMILES string of the molecule is CCOc1ccc(C=NNC(=O)C2CC2c2ccc(C(C)(C)C)cc2)cc1OCC. The molecule has 0 bridgehead atoms. The Labute approximate surface area is 179 Å². The number of hydrogen-bond acceptors (Lipinski definition) is 4. The number of hydrogen-bond donors (Lipinski definition) is 1. The van der Waals surface area contributed by atoms with Gasteiger partial charge >= 0.3 is 0 Å². The highest BCUT2D eigenvalue weighted by Crippen LogP contribution is 2.47. The smallest absolute Gasteiger partial charge is 0.243 e. The van der Waals surface area contributed by atoms with Crippen molar-refractivity contribution >= 4 is 12.1 Å². The molecule has 3 rings (SSSR count). The number of amides is 1. The Morgan fingerprint density at radius 1 is 1.07 bits per heavy atom. The topological polar surface area (TPSA) is 59.9 Å². The zero-order chi connectivity index (χ0) is 21.7. The quantitative estimate of drug-likeness (QED) is 0.492. The average Bonchev–Trinajstić information content (AvgIpc) is 3.51. The second kappa shape index (κ2) is 9.33. The molecule has 2 aromatic rings. The second-order valence-electron chi connectivity index (χ2n) is 8.63. The maximum absolute atomic E-state index is 12.4. The molecule has 1 aliphatic carbocycles. The van der Waals surface area contributed by atoms with E-state index in [0.29, 0.717) is 24.7 Å². The van der Waals surface area contributed by atoms with Crippen LogP contribution in [0.3, 0.4) is 0 Å². The van der Waals surface area contributed by atoms with Crippen molar-refractivity contribution in [2.24, 2.45) is 11.0 Å². The number of carbonyl (C=O) groups is 1. The summed E-state index contributed by atoms with van der Waals surface area (Å²) in [4.78, 5) is 12.4. The zero-order valence-electron chi connectivity index (χ0n) is 18.6. The van der Waals surface area contributed by atoms with Gasteiger partial charge in [-0.15, -0.1) is 0 Å². The normalized spacial score (nSPS) is 18.3. The number of ether oxygens (including phenoxy) is 2. The predicted molar refractivity (Wildman–Crippen MR) is 121 cm³/mol. The number of nitrogens with one attached hydrogen (secondary N) is 1. The Bertz CT molecular complexity index is 898. The summed E-state index contributed by atoms with van der Waals surface area (Å²) < 4.78 is 11.2. The minimum absolute atomic E-state index is 0.0121. The Balaban J connectivity index is 1.56. The van der Waals surface area contributed by atoms with E-state index in [1.54, 1.807) is 6.21 Å². The molecule has 0 radical (unpaired) electrons. The van der Waals surface area contributed by atoms with Crippen molar-refractivity contribution in [2.45, 2.75) is 52.4 Å². The number of benzene rings is 2. The van der Waals surface area contributed by atoms with Crippen molar-refractivity contribution in [1.29, 1.82) is 0 Å². The molecule has 0 saturated heterocycles. The van der Waals surface area contributed by atoms with Gasteiger partial charge in [0.1, 0.15) is 0 Å². The molecule has 1 saturated carbocycles. The lowest BCUT2D eigenvalue weighted by Gasteiger charge is -2.19. The maximum atomic E-state index is 12.4. The van der Waals surface area contributed by atoms with Crippen LogP contribution in [0.5, 0.6) is 11.5 Å². The fourth-order valence-electron chi connectivity index (χ4n) is 3.48. The molecule has 2 aromatic carbocycles. The fraction of sp³-hybridized carbons (Fsp3) is 0.440. The maximum Gasteiger partial charge on any atom is 0.243 e. The first-order chi connectivity index (χ1) is 14.3. The summed E-state index contributed by atoms with van der Waals surface area (Å²) in [5, 5.41) is 4.13. The number of rotatable bonds is 8. The predicted octanol–water partition coefficient (Wildman–Crippen LogP) is 5.04. The summed E-state index contributed by atoms with van der Waals surface area (Å²) in [6.45, 7) is 11.6. The Hall–Kier alpha value is -2.82. The first-order valence-corrected chi connectivity index (χ1v) is 10.7. The van der Waals surface area contributed by atoms with E-state index in [1.807, 2.05) is 32.0 Å². The lowest BCUT2D eigenvalue weighted by molar-refractivity contribution is -0.122. The molecule has 1 aliphatic rings. The van der Waals surface area contributed by atoms with Crippen LogP contribution in [0.1, 0.15) is 63.6 Å². The van der Waals surface area contributed by atoms with E-state index in [1.165, 1.54) is 11.1 Å². The van der Waals surface area contributed by atoms with E-state index in [-0.39, 0.29) is 23.2 Å². The van der Waals surface area contributed by atoms with E-state index in [0.717, 1.165) is 12.0 Å². The van der Waals surface area contributed by atoms with Crippen molar-refractivity contribution in [3.8, 4) is 11.5 Å². The molecular weight excluding hydrogens is 376 g/mol. The third-order valence-electron chi connectivity index (χ3n) is 5.29. The summed E-state index contributed by atoms with van der Waals surface area (Å²) >= 11 is 0. The largest absolute Gasteiger partial charge is 0.490 e. The monoisotopic (exact) mass is 408 g/mol. The van der Waals surface area contributed by atoms with Crippen LogP contribution >= 0.6 is 0 Å². The van der Waals surface area contributed by atoms with E-state index < -0.39 is 0 Å². The molecule has 0 spiro atoms. The third kappa shape index (κ3) is 5.41. The van der Waals surface area contributed by atoms with Crippen LogP contribution in [0.15, 0.2) is 47.6 Å². The molecule has 5 nitrogen and oxygen atoms in total. The van der Waals surface area contributed by atoms with Crippen molar-refractivity contribution in [1.82, 2.24) is 5.43 Å². The molecule has 160 valence electrons. The highest BCUT2D eigenvalue weighted by atomic mass is 16.5. The standard InChI is InChI=1S/C25H32N2O3/c1-6-29-22-13-8-17(14-23(22)30-7-2)16-26-27-24(28)21-15-20(21)18-9-11-19(12-10-18)25(3,4)5/h8-14,16,20-21H,6-7,15H2,1-5H3,(H,27,28). The van der Waals surface area contributed by atoms with Gasteiger partial charge in [-0.25, -0.2) is 5.43 Å². The van der Waals surface area contributed by atoms with Gasteiger partial charge in [0.25, 0.3) is 0 Å². The summed E-state index contributed by atoms with van der Waals surface area (Å²) in [6, 6.07) is 14.2. The molecule has 2 atom stereocenters. The Morgan fingerprint density at radius 2 is 1.73 bits per heavy atom. The molecule has 1 N–H and O–H groups in total. The van der Waals surface area contributed by atoms with Crippen LogP contribution in [-0.4, -0.2) is 25.3 Å². The van der Waals surface area contributed by atoms with Gasteiger partial charge in [0.2, 0.25) is 5.91 Å². The first-order valence-electron chi connectivity index (χ1n) is 10.7. The van der Waals surface area contributed by atoms with Crippen LogP contribution in [-0.2, 0) is 10.2 Å². The molecular formula is C25H32N2O3. The van der Waals surface area contributed by atoms with Crippen LogP contribution in [0.25, 0.3) is 0 Å². The van der Waals surface area contributed by atoms with Crippen molar-refractivity contribution in [3.63, 3.8) is 0 Å². The van der Waals surface area contributed by atoms with Crippen molar-refractivity contribution in [2.75, 3.05) is 13.2 Å². The van der Waals surface area contributed by atoms with Gasteiger partial charge in [0.05, 0.1) is 19.4 Å². The third-order valence-corrected chi connectivity index (χ3v) is 5.29. The highest BCUT2D eigenvalue weighted by molar-refractivity contribution is 5.86. The van der Waals surface area contributed by atoms with E-state index >= 15 is 0 Å². The average molecular weight is 409 g/mol. The molecule has 5 heteroatoms. The molecule has 0 aromatic heterocycles. The van der Waals surface area contributed by atoms with Crippen molar-refractivity contribution in [3.05, 3.63) is 59.2 Å². The second-order valence-corrected chi connectivity index (χ2v) is 8.63. The van der Waals surface area contributed by atoms with Crippen molar-refractivity contribution < 1.29 is 14.3 Å². The summed E-state index contributed by atoms with van der Waals surface area (Å²) in [7, 11) is 0. The summed E-state index contributed by atoms with van der Waals surface area (Å²) in [5.74, 6) is 1.62. The van der Waals surface area contributed by atoms with Crippen LogP contribution in [0, 0.1) is 5.92 Å². The molecule has 1 amide bonds. The molecule has 1 fully saturated rings. The van der Waals surface area contributed by atoms with Crippen LogP contribution < -0.4 is 14.9 Å². The number of carbonyl (C=O) groups excluding carboxylic acids is 1. The van der Waals surface area contributed by atoms with Gasteiger partial charge in [0, 0.05) is 5.92 Å². The Morgan fingerprint density at radius 3 is 2.37 bits per heavy atom. The van der Waals surface area contributed by atoms with Crippen LogP contribution in [0.2, 0.25) is 0 Å². The summed E-state index contributed by atoms with van der Waals surface area (Å²) in [5.41, 5.74) is 6.18. The van der Waals surface area contributed by atoms with Crippen LogP contribution in [0.4, 0.5) is 0 Å². The van der Waals surface area contributed by atoms with Gasteiger partial charge < -0.3 is 9.47 Å². The molecule has 2 unspecified atom stereocenters. The van der Waals surface area contributed by atoms with Gasteiger partial charge in [-0.1, -0.05) is 45.0 Å². The van der Waals surface area contributed by atoms with E-state index in [2.05, 4.69) is 55.6 Å². The molecule has 0 aliphatic heterocycles. The highest BCUT2D eigenvalue weighted by Gasteiger charge is 2.44. The Kier molecular flexibility index (Phi) is 6.80. The fourth-order valence-corrected chi connectivity index (χ4v) is 3.48. The van der Waals surface area contributed by atoms with Gasteiger partial charge in [-0.2, -0.15) is 5.10 Å². The lowest BCUT2D eigenvalue weighted by Crippen LogP contribution is -2.20. The minimum atomic E-state index is -0.0351. The minimum Gasteiger partial charge on any atom is -0.490 e. The summed E-state index contributed by atoms with van der Waals surface area (Å²) in [6.07, 6.45) is 2.50.